The third-order valence-electron chi connectivity index (χ3n) is 5.98. The molecule has 0 spiro atoms. The Labute approximate surface area is 160 Å². The standard InChI is InChI=1S/C22H26N2O3/c25-20(23-15-7-9-16-8-1-4-12-19(16)23)13-5-6-14-24-21(26)17-10-2-3-11-18(17)22(24)27/h2-3,10-12,16H,1,4-9,13-15H2. The molecule has 0 radical (unpaired) electrons. The molecule has 2 heterocycles. The van der Waals surface area contributed by atoms with Gasteiger partial charge in [-0.15, -0.1) is 0 Å². The average Bonchev–Trinajstić information content (AvgIpc) is 2.95. The molecule has 0 aromatic heterocycles. The van der Waals surface area contributed by atoms with Gasteiger partial charge >= 0.3 is 0 Å². The summed E-state index contributed by atoms with van der Waals surface area (Å²) in [6.45, 7) is 1.21. The highest BCUT2D eigenvalue weighted by molar-refractivity contribution is 6.21. The molecule has 1 atom stereocenters. The molecule has 0 N–H and O–H groups in total. The highest BCUT2D eigenvalue weighted by atomic mass is 16.2. The Kier molecular flexibility index (Phi) is 5.10. The lowest BCUT2D eigenvalue weighted by Crippen LogP contribution is -2.39. The molecule has 1 fully saturated rings. The van der Waals surface area contributed by atoms with E-state index >= 15 is 0 Å². The van der Waals surface area contributed by atoms with Crippen LogP contribution in [-0.4, -0.2) is 40.6 Å². The molecule has 4 rings (SSSR count). The first-order chi connectivity index (χ1) is 13.2. The van der Waals surface area contributed by atoms with Gasteiger partial charge in [0.1, 0.15) is 0 Å². The molecule has 3 amide bonds. The summed E-state index contributed by atoms with van der Waals surface area (Å²) in [5, 5.41) is 0. The Morgan fingerprint density at radius 1 is 1.00 bits per heavy atom. The predicted octanol–water partition coefficient (Wildman–Crippen LogP) is 3.76. The van der Waals surface area contributed by atoms with Crippen molar-refractivity contribution in [3.63, 3.8) is 0 Å². The summed E-state index contributed by atoms with van der Waals surface area (Å²) in [4.78, 5) is 40.7. The van der Waals surface area contributed by atoms with E-state index in [1.807, 2.05) is 4.90 Å². The van der Waals surface area contributed by atoms with E-state index in [-0.39, 0.29) is 17.7 Å². The van der Waals surface area contributed by atoms with Crippen LogP contribution in [0.5, 0.6) is 0 Å². The lowest BCUT2D eigenvalue weighted by Gasteiger charge is -2.38. The minimum Gasteiger partial charge on any atom is -0.316 e. The van der Waals surface area contributed by atoms with Crippen LogP contribution in [0.1, 0.15) is 72.1 Å². The molecule has 2 aliphatic heterocycles. The number of imide groups is 1. The van der Waals surface area contributed by atoms with Crippen molar-refractivity contribution in [1.82, 2.24) is 9.80 Å². The van der Waals surface area contributed by atoms with Crippen molar-refractivity contribution >= 4 is 17.7 Å². The summed E-state index contributed by atoms with van der Waals surface area (Å²) in [6.07, 6.45) is 9.89. The Balaban J connectivity index is 1.28. The summed E-state index contributed by atoms with van der Waals surface area (Å²) in [5.74, 6) is 0.325. The van der Waals surface area contributed by atoms with Crippen LogP contribution in [0.15, 0.2) is 36.0 Å². The molecule has 0 saturated carbocycles. The van der Waals surface area contributed by atoms with Crippen molar-refractivity contribution in [2.75, 3.05) is 13.1 Å². The van der Waals surface area contributed by atoms with Crippen LogP contribution in [0.25, 0.3) is 0 Å². The maximum absolute atomic E-state index is 12.7. The summed E-state index contributed by atoms with van der Waals surface area (Å²) < 4.78 is 0. The molecule has 1 aromatic rings. The van der Waals surface area contributed by atoms with Crippen LogP contribution in [0.2, 0.25) is 0 Å². The molecule has 3 aliphatic rings. The molecule has 27 heavy (non-hydrogen) atoms. The summed E-state index contributed by atoms with van der Waals surface area (Å²) >= 11 is 0. The lowest BCUT2D eigenvalue weighted by atomic mass is 9.85. The van der Waals surface area contributed by atoms with Crippen LogP contribution >= 0.6 is 0 Å². The molecule has 5 nitrogen and oxygen atoms in total. The zero-order valence-corrected chi connectivity index (χ0v) is 15.7. The number of rotatable bonds is 5. The number of likely N-dealkylation sites (tertiary alicyclic amines) is 1. The zero-order chi connectivity index (χ0) is 18.8. The second-order valence-electron chi connectivity index (χ2n) is 7.71. The van der Waals surface area contributed by atoms with E-state index in [0.29, 0.717) is 42.9 Å². The normalized spacial score (nSPS) is 21.8. The van der Waals surface area contributed by atoms with Crippen LogP contribution in [-0.2, 0) is 4.79 Å². The molecular formula is C22H26N2O3. The Hall–Kier alpha value is -2.43. The molecule has 0 bridgehead atoms. The number of allylic oxidation sites excluding steroid dienone is 2. The Morgan fingerprint density at radius 2 is 1.70 bits per heavy atom. The van der Waals surface area contributed by atoms with Crippen LogP contribution in [0.3, 0.4) is 0 Å². The van der Waals surface area contributed by atoms with Gasteiger partial charge in [0.15, 0.2) is 0 Å². The fraction of sp³-hybridized carbons (Fsp3) is 0.500. The number of fused-ring (bicyclic) bond motifs is 2. The van der Waals surface area contributed by atoms with Gasteiger partial charge in [-0.2, -0.15) is 0 Å². The Bertz CT molecular complexity index is 764. The number of amides is 3. The highest BCUT2D eigenvalue weighted by Crippen LogP contribution is 2.35. The van der Waals surface area contributed by atoms with Gasteiger partial charge in [0, 0.05) is 25.2 Å². The maximum atomic E-state index is 12.7. The fourth-order valence-corrected chi connectivity index (χ4v) is 4.57. The first kappa shape index (κ1) is 18.0. The highest BCUT2D eigenvalue weighted by Gasteiger charge is 2.34. The van der Waals surface area contributed by atoms with Crippen LogP contribution in [0, 0.1) is 5.92 Å². The molecule has 142 valence electrons. The second kappa shape index (κ2) is 7.67. The second-order valence-corrected chi connectivity index (χ2v) is 7.71. The quantitative estimate of drug-likeness (QED) is 0.589. The molecular weight excluding hydrogens is 340 g/mol. The first-order valence-corrected chi connectivity index (χ1v) is 10.1. The largest absolute Gasteiger partial charge is 0.316 e. The van der Waals surface area contributed by atoms with Gasteiger partial charge < -0.3 is 4.90 Å². The maximum Gasteiger partial charge on any atom is 0.261 e. The molecule has 5 heteroatoms. The summed E-state index contributed by atoms with van der Waals surface area (Å²) in [5.41, 5.74) is 2.22. The predicted molar refractivity (Wildman–Crippen MR) is 102 cm³/mol. The monoisotopic (exact) mass is 366 g/mol. The number of carbonyl (C=O) groups is 3. The van der Waals surface area contributed by atoms with Gasteiger partial charge in [-0.1, -0.05) is 18.2 Å². The molecule has 1 unspecified atom stereocenters. The van der Waals surface area contributed by atoms with E-state index in [4.69, 9.17) is 0 Å². The van der Waals surface area contributed by atoms with Crippen LogP contribution < -0.4 is 0 Å². The molecule has 1 saturated heterocycles. The average molecular weight is 366 g/mol. The van der Waals surface area contributed by atoms with Gasteiger partial charge in [-0.05, 0) is 63.0 Å². The van der Waals surface area contributed by atoms with E-state index < -0.39 is 0 Å². The van der Waals surface area contributed by atoms with E-state index in [1.54, 1.807) is 24.3 Å². The van der Waals surface area contributed by atoms with Gasteiger partial charge in [0.25, 0.3) is 11.8 Å². The van der Waals surface area contributed by atoms with E-state index in [0.717, 1.165) is 19.4 Å². The smallest absolute Gasteiger partial charge is 0.261 e. The first-order valence-electron chi connectivity index (χ1n) is 10.1. The van der Waals surface area contributed by atoms with Gasteiger partial charge in [-0.3, -0.25) is 19.3 Å². The molecule has 1 aliphatic carbocycles. The van der Waals surface area contributed by atoms with Gasteiger partial charge in [0.05, 0.1) is 11.1 Å². The minimum atomic E-state index is -0.215. The lowest BCUT2D eigenvalue weighted by molar-refractivity contribution is -0.130. The number of piperidine rings is 1. The fourth-order valence-electron chi connectivity index (χ4n) is 4.57. The SMILES string of the molecule is O=C(CCCCN1C(=O)c2ccccc2C1=O)N1CCCC2CCCC=C21. The van der Waals surface area contributed by atoms with Crippen molar-refractivity contribution in [1.29, 1.82) is 0 Å². The number of benzene rings is 1. The van der Waals surface area contributed by atoms with E-state index in [1.165, 1.54) is 29.9 Å². The van der Waals surface area contributed by atoms with Crippen molar-refractivity contribution in [3.8, 4) is 0 Å². The number of hydrogen-bond donors (Lipinski definition) is 0. The third-order valence-corrected chi connectivity index (χ3v) is 5.98. The number of nitrogens with zero attached hydrogens (tertiary/aromatic N) is 2. The zero-order valence-electron chi connectivity index (χ0n) is 15.7. The summed E-state index contributed by atoms with van der Waals surface area (Å²) in [7, 11) is 0. The molecule has 1 aromatic carbocycles. The van der Waals surface area contributed by atoms with Crippen molar-refractivity contribution in [2.45, 2.75) is 51.4 Å². The van der Waals surface area contributed by atoms with Crippen LogP contribution in [0.4, 0.5) is 0 Å². The van der Waals surface area contributed by atoms with Crippen molar-refractivity contribution in [3.05, 3.63) is 47.2 Å². The minimum absolute atomic E-state index is 0.190. The Morgan fingerprint density at radius 3 is 2.44 bits per heavy atom. The number of carbonyl (C=O) groups excluding carboxylic acids is 3. The number of hydrogen-bond acceptors (Lipinski definition) is 3. The summed E-state index contributed by atoms with van der Waals surface area (Å²) in [6, 6.07) is 6.95. The van der Waals surface area contributed by atoms with E-state index in [9.17, 15) is 14.4 Å². The van der Waals surface area contributed by atoms with Crippen molar-refractivity contribution in [2.24, 2.45) is 5.92 Å². The van der Waals surface area contributed by atoms with Gasteiger partial charge in [0.2, 0.25) is 5.91 Å². The number of unbranched alkanes of at least 4 members (excludes halogenated alkanes) is 1. The van der Waals surface area contributed by atoms with E-state index in [2.05, 4.69) is 6.08 Å². The topological polar surface area (TPSA) is 57.7 Å². The van der Waals surface area contributed by atoms with Gasteiger partial charge in [-0.25, -0.2) is 0 Å². The van der Waals surface area contributed by atoms with Crippen molar-refractivity contribution < 1.29 is 14.4 Å². The third kappa shape index (κ3) is 3.43.